The van der Waals surface area contributed by atoms with Crippen molar-refractivity contribution in [3.63, 3.8) is 0 Å². The summed E-state index contributed by atoms with van der Waals surface area (Å²) in [6, 6.07) is 0. The summed E-state index contributed by atoms with van der Waals surface area (Å²) in [6.45, 7) is 0.812. The van der Waals surface area contributed by atoms with E-state index in [-0.39, 0.29) is 0 Å². The van der Waals surface area contributed by atoms with Crippen LogP contribution in [0.1, 0.15) is 23.7 Å². The number of nitrogens with two attached hydrogens (primary N) is 1. The molecule has 0 aromatic carbocycles. The smallest absolute Gasteiger partial charge is 0.239 e. The molecule has 82 valence electrons. The van der Waals surface area contributed by atoms with E-state index in [9.17, 15) is 0 Å². The average Bonchev–Trinajstić information content (AvgIpc) is 2.69. The van der Waals surface area contributed by atoms with E-state index in [0.29, 0.717) is 11.9 Å². The molecule has 0 radical (unpaired) electrons. The minimum Gasteiger partial charge on any atom is -0.366 e. The third-order valence-corrected chi connectivity index (χ3v) is 2.93. The predicted octanol–water partition coefficient (Wildman–Crippen LogP) is 0.380. The molecule has 2 aromatic heterocycles. The molecule has 1 unspecified atom stereocenters. The van der Waals surface area contributed by atoms with Crippen molar-refractivity contribution < 1.29 is 0 Å². The summed E-state index contributed by atoms with van der Waals surface area (Å²) in [7, 11) is 0. The first kappa shape index (κ1) is 9.26. The molecule has 3 heterocycles. The Labute approximate surface area is 92.5 Å². The maximum Gasteiger partial charge on any atom is 0.239 e. The number of rotatable bonds is 1. The molecule has 0 amide bonds. The van der Waals surface area contributed by atoms with Gasteiger partial charge in [0.25, 0.3) is 0 Å². The van der Waals surface area contributed by atoms with Crippen molar-refractivity contribution in [1.29, 1.82) is 0 Å². The molecule has 16 heavy (non-hydrogen) atoms. The SMILES string of the molecule is Nc1nc2n(n1)CC(c1cncnc1)CC2. The van der Waals surface area contributed by atoms with E-state index in [2.05, 4.69) is 20.1 Å². The maximum atomic E-state index is 5.57. The van der Waals surface area contributed by atoms with Gasteiger partial charge in [0.2, 0.25) is 5.95 Å². The third-order valence-electron chi connectivity index (χ3n) is 2.93. The highest BCUT2D eigenvalue weighted by molar-refractivity contribution is 5.18. The summed E-state index contributed by atoms with van der Waals surface area (Å²) in [4.78, 5) is 12.3. The number of hydrogen-bond acceptors (Lipinski definition) is 5. The highest BCUT2D eigenvalue weighted by atomic mass is 15.4. The Bertz CT molecular complexity index is 491. The fourth-order valence-corrected chi connectivity index (χ4v) is 2.12. The molecular formula is C10H12N6. The molecule has 0 aliphatic carbocycles. The lowest BCUT2D eigenvalue weighted by atomic mass is 9.94. The number of aryl methyl sites for hydroxylation is 1. The van der Waals surface area contributed by atoms with Gasteiger partial charge in [0.1, 0.15) is 12.2 Å². The standard InChI is InChI=1S/C10H12N6/c11-10-14-9-2-1-7(5-16(9)15-10)8-3-12-6-13-4-8/h3-4,6-7H,1-2,5H2,(H2,11,15). The molecule has 0 saturated heterocycles. The number of anilines is 1. The first-order chi connectivity index (χ1) is 7.83. The summed E-state index contributed by atoms with van der Waals surface area (Å²) < 4.78 is 1.89. The molecular weight excluding hydrogens is 204 g/mol. The van der Waals surface area contributed by atoms with Crippen molar-refractivity contribution in [2.75, 3.05) is 5.73 Å². The largest absolute Gasteiger partial charge is 0.366 e. The zero-order valence-corrected chi connectivity index (χ0v) is 8.74. The lowest BCUT2D eigenvalue weighted by molar-refractivity contribution is 0.422. The summed E-state index contributed by atoms with van der Waals surface area (Å²) in [6.07, 6.45) is 7.23. The Balaban J connectivity index is 1.88. The molecule has 2 aromatic rings. The maximum absolute atomic E-state index is 5.57. The number of fused-ring (bicyclic) bond motifs is 1. The predicted molar refractivity (Wildman–Crippen MR) is 57.5 cm³/mol. The second kappa shape index (κ2) is 3.55. The monoisotopic (exact) mass is 216 g/mol. The molecule has 6 nitrogen and oxygen atoms in total. The first-order valence-electron chi connectivity index (χ1n) is 5.27. The van der Waals surface area contributed by atoms with Crippen LogP contribution in [0.15, 0.2) is 18.7 Å². The van der Waals surface area contributed by atoms with Crippen LogP contribution >= 0.6 is 0 Å². The van der Waals surface area contributed by atoms with Crippen LogP contribution in [-0.4, -0.2) is 24.7 Å². The Hall–Kier alpha value is -1.98. The second-order valence-electron chi connectivity index (χ2n) is 3.98. The Morgan fingerprint density at radius 2 is 2.12 bits per heavy atom. The van der Waals surface area contributed by atoms with Gasteiger partial charge in [-0.25, -0.2) is 14.6 Å². The molecule has 0 fully saturated rings. The molecule has 0 bridgehead atoms. The minimum absolute atomic E-state index is 0.361. The van der Waals surface area contributed by atoms with Crippen molar-refractivity contribution >= 4 is 5.95 Å². The number of aromatic nitrogens is 5. The van der Waals surface area contributed by atoms with E-state index in [1.54, 1.807) is 6.33 Å². The molecule has 1 aliphatic rings. The van der Waals surface area contributed by atoms with E-state index < -0.39 is 0 Å². The van der Waals surface area contributed by atoms with Gasteiger partial charge in [-0.2, -0.15) is 4.98 Å². The van der Waals surface area contributed by atoms with Crippen LogP contribution in [0.2, 0.25) is 0 Å². The van der Waals surface area contributed by atoms with E-state index in [1.807, 2.05) is 17.1 Å². The van der Waals surface area contributed by atoms with Crippen LogP contribution in [0.4, 0.5) is 5.95 Å². The molecule has 1 atom stereocenters. The van der Waals surface area contributed by atoms with Crippen molar-refractivity contribution in [1.82, 2.24) is 24.7 Å². The zero-order valence-electron chi connectivity index (χ0n) is 8.74. The van der Waals surface area contributed by atoms with Gasteiger partial charge in [-0.05, 0) is 12.0 Å². The van der Waals surface area contributed by atoms with Crippen LogP contribution in [0.25, 0.3) is 0 Å². The van der Waals surface area contributed by atoms with Crippen LogP contribution in [0.3, 0.4) is 0 Å². The number of nitrogens with zero attached hydrogens (tertiary/aromatic N) is 5. The lowest BCUT2D eigenvalue weighted by Crippen LogP contribution is -2.20. The molecule has 3 rings (SSSR count). The lowest BCUT2D eigenvalue weighted by Gasteiger charge is -2.21. The molecule has 1 aliphatic heterocycles. The number of hydrogen-bond donors (Lipinski definition) is 1. The van der Waals surface area contributed by atoms with E-state index in [1.165, 1.54) is 0 Å². The second-order valence-corrected chi connectivity index (χ2v) is 3.98. The van der Waals surface area contributed by atoms with Gasteiger partial charge in [-0.15, -0.1) is 5.10 Å². The van der Waals surface area contributed by atoms with Crippen molar-refractivity contribution in [2.24, 2.45) is 0 Å². The highest BCUT2D eigenvalue weighted by Gasteiger charge is 2.22. The molecule has 0 spiro atoms. The van der Waals surface area contributed by atoms with E-state index in [4.69, 9.17) is 5.73 Å². The van der Waals surface area contributed by atoms with Crippen molar-refractivity contribution in [2.45, 2.75) is 25.3 Å². The van der Waals surface area contributed by atoms with Crippen LogP contribution in [0.5, 0.6) is 0 Å². The van der Waals surface area contributed by atoms with Gasteiger partial charge in [0, 0.05) is 24.7 Å². The van der Waals surface area contributed by atoms with Gasteiger partial charge in [0.05, 0.1) is 6.54 Å². The quantitative estimate of drug-likeness (QED) is 0.745. The summed E-state index contributed by atoms with van der Waals surface area (Å²) in [5.74, 6) is 1.75. The number of nitrogen functional groups attached to an aromatic ring is 1. The average molecular weight is 216 g/mol. The van der Waals surface area contributed by atoms with Gasteiger partial charge in [0.15, 0.2) is 0 Å². The van der Waals surface area contributed by atoms with Crippen molar-refractivity contribution in [3.8, 4) is 0 Å². The van der Waals surface area contributed by atoms with Crippen molar-refractivity contribution in [3.05, 3.63) is 30.1 Å². The Morgan fingerprint density at radius 1 is 1.31 bits per heavy atom. The van der Waals surface area contributed by atoms with E-state index >= 15 is 0 Å². The summed E-state index contributed by atoms with van der Waals surface area (Å²) in [5.41, 5.74) is 6.73. The topological polar surface area (TPSA) is 82.5 Å². The minimum atomic E-state index is 0.361. The van der Waals surface area contributed by atoms with Crippen LogP contribution in [0, 0.1) is 0 Å². The fourth-order valence-electron chi connectivity index (χ4n) is 2.12. The Kier molecular flexibility index (Phi) is 2.05. The zero-order chi connectivity index (χ0) is 11.0. The highest BCUT2D eigenvalue weighted by Crippen LogP contribution is 2.26. The molecule has 2 N–H and O–H groups in total. The molecule has 0 saturated carbocycles. The van der Waals surface area contributed by atoms with Crippen LogP contribution < -0.4 is 5.73 Å². The van der Waals surface area contributed by atoms with Gasteiger partial charge >= 0.3 is 0 Å². The summed E-state index contributed by atoms with van der Waals surface area (Å²) >= 11 is 0. The normalized spacial score (nSPS) is 19.4. The van der Waals surface area contributed by atoms with E-state index in [0.717, 1.165) is 30.8 Å². The van der Waals surface area contributed by atoms with Gasteiger partial charge in [-0.1, -0.05) is 0 Å². The Morgan fingerprint density at radius 3 is 2.94 bits per heavy atom. The fraction of sp³-hybridized carbons (Fsp3) is 0.400. The first-order valence-corrected chi connectivity index (χ1v) is 5.27. The van der Waals surface area contributed by atoms with Gasteiger partial charge < -0.3 is 5.73 Å². The van der Waals surface area contributed by atoms with Crippen LogP contribution in [-0.2, 0) is 13.0 Å². The molecule has 6 heteroatoms. The van der Waals surface area contributed by atoms with Gasteiger partial charge in [-0.3, -0.25) is 0 Å². The summed E-state index contributed by atoms with van der Waals surface area (Å²) in [5, 5.41) is 4.17. The third kappa shape index (κ3) is 1.52.